The van der Waals surface area contributed by atoms with E-state index in [2.05, 4.69) is 4.98 Å². The quantitative estimate of drug-likeness (QED) is 0.329. The van der Waals surface area contributed by atoms with Gasteiger partial charge in [-0.25, -0.2) is 9.97 Å². The SMILES string of the molecule is Cc1ccn2c(=O)cc(CSc3nc4sc(C)c(C)c4c(=O)n3C3CCCC3)nc2c1. The summed E-state index contributed by atoms with van der Waals surface area (Å²) < 4.78 is 3.47. The van der Waals surface area contributed by atoms with Gasteiger partial charge in [-0.1, -0.05) is 24.6 Å². The number of hydrogen-bond donors (Lipinski definition) is 0. The molecule has 0 radical (unpaired) electrons. The predicted octanol–water partition coefficient (Wildman–Crippen LogP) is 4.80. The van der Waals surface area contributed by atoms with Crippen molar-refractivity contribution in [3.05, 3.63) is 66.8 Å². The average molecular weight is 453 g/mol. The van der Waals surface area contributed by atoms with Crippen LogP contribution < -0.4 is 11.1 Å². The standard InChI is InChI=1S/C23H24N4O2S2/c1-13-8-9-26-18(10-13)24-16(11-19(26)28)12-30-23-25-21-20(14(2)15(3)31-21)22(29)27(23)17-6-4-5-7-17/h8-11,17H,4-7,12H2,1-3H3. The lowest BCUT2D eigenvalue weighted by atomic mass is 10.2. The molecule has 4 aromatic heterocycles. The van der Waals surface area contributed by atoms with Crippen LogP contribution in [0.1, 0.15) is 53.4 Å². The Bertz CT molecular complexity index is 1430. The second-order valence-corrected chi connectivity index (χ2v) is 10.4. The molecule has 0 N–H and O–H groups in total. The molecule has 1 aliphatic rings. The Balaban J connectivity index is 1.57. The zero-order chi connectivity index (χ0) is 21.7. The second kappa shape index (κ2) is 7.91. The number of aryl methyl sites for hydroxylation is 3. The summed E-state index contributed by atoms with van der Waals surface area (Å²) in [5.74, 6) is 0.494. The van der Waals surface area contributed by atoms with Crippen molar-refractivity contribution in [1.82, 2.24) is 18.9 Å². The minimum Gasteiger partial charge on any atom is -0.284 e. The number of thioether (sulfide) groups is 1. The van der Waals surface area contributed by atoms with Gasteiger partial charge in [0, 0.05) is 28.9 Å². The zero-order valence-electron chi connectivity index (χ0n) is 17.8. The van der Waals surface area contributed by atoms with Gasteiger partial charge in [-0.05, 0) is 56.9 Å². The highest BCUT2D eigenvalue weighted by Gasteiger charge is 2.25. The first-order chi connectivity index (χ1) is 14.9. The smallest absolute Gasteiger partial charge is 0.263 e. The maximum atomic E-state index is 13.5. The van der Waals surface area contributed by atoms with Gasteiger partial charge in [0.2, 0.25) is 0 Å². The zero-order valence-corrected chi connectivity index (χ0v) is 19.5. The molecule has 0 bridgehead atoms. The molecule has 1 saturated carbocycles. The Hall–Kier alpha value is -2.45. The van der Waals surface area contributed by atoms with Gasteiger partial charge in [-0.3, -0.25) is 18.6 Å². The Labute approximate surface area is 188 Å². The third kappa shape index (κ3) is 3.61. The third-order valence-electron chi connectivity index (χ3n) is 6.12. The van der Waals surface area contributed by atoms with Gasteiger partial charge in [0.25, 0.3) is 11.1 Å². The molecule has 1 aliphatic carbocycles. The maximum absolute atomic E-state index is 13.5. The van der Waals surface area contributed by atoms with Crippen LogP contribution in [-0.2, 0) is 5.75 Å². The Morgan fingerprint density at radius 1 is 1.13 bits per heavy atom. The molecule has 31 heavy (non-hydrogen) atoms. The van der Waals surface area contributed by atoms with Gasteiger partial charge in [0.15, 0.2) is 5.16 Å². The summed E-state index contributed by atoms with van der Waals surface area (Å²) in [6.07, 6.45) is 6.06. The highest BCUT2D eigenvalue weighted by molar-refractivity contribution is 7.98. The first-order valence-corrected chi connectivity index (χ1v) is 12.4. The summed E-state index contributed by atoms with van der Waals surface area (Å²) >= 11 is 3.08. The number of rotatable bonds is 4. The fourth-order valence-corrected chi connectivity index (χ4v) is 6.37. The van der Waals surface area contributed by atoms with Crippen molar-refractivity contribution in [3.8, 4) is 0 Å². The van der Waals surface area contributed by atoms with E-state index in [0.29, 0.717) is 17.1 Å². The van der Waals surface area contributed by atoms with Gasteiger partial charge >= 0.3 is 0 Å². The summed E-state index contributed by atoms with van der Waals surface area (Å²) in [7, 11) is 0. The minimum atomic E-state index is -0.0956. The van der Waals surface area contributed by atoms with E-state index in [1.54, 1.807) is 28.0 Å². The van der Waals surface area contributed by atoms with Crippen LogP contribution in [0.25, 0.3) is 15.9 Å². The normalized spacial score (nSPS) is 14.8. The summed E-state index contributed by atoms with van der Waals surface area (Å²) in [4.78, 5) is 37.5. The van der Waals surface area contributed by atoms with Crippen LogP contribution >= 0.6 is 23.1 Å². The Morgan fingerprint density at radius 2 is 1.90 bits per heavy atom. The molecule has 0 spiro atoms. The molecule has 8 heteroatoms. The highest BCUT2D eigenvalue weighted by atomic mass is 32.2. The van der Waals surface area contributed by atoms with Crippen molar-refractivity contribution < 1.29 is 0 Å². The van der Waals surface area contributed by atoms with Gasteiger partial charge in [-0.2, -0.15) is 0 Å². The molecule has 6 nitrogen and oxygen atoms in total. The van der Waals surface area contributed by atoms with Crippen molar-refractivity contribution in [2.45, 2.75) is 63.4 Å². The van der Waals surface area contributed by atoms with Crippen LogP contribution in [0, 0.1) is 20.8 Å². The first kappa shape index (κ1) is 20.5. The van der Waals surface area contributed by atoms with Crippen molar-refractivity contribution in [2.75, 3.05) is 0 Å². The van der Waals surface area contributed by atoms with E-state index in [0.717, 1.165) is 57.1 Å². The van der Waals surface area contributed by atoms with Crippen LogP contribution in [-0.4, -0.2) is 18.9 Å². The van der Waals surface area contributed by atoms with Crippen molar-refractivity contribution in [1.29, 1.82) is 0 Å². The maximum Gasteiger partial charge on any atom is 0.263 e. The highest BCUT2D eigenvalue weighted by Crippen LogP contribution is 2.35. The number of pyridine rings is 1. The Morgan fingerprint density at radius 3 is 2.68 bits per heavy atom. The average Bonchev–Trinajstić information content (AvgIpc) is 3.34. The van der Waals surface area contributed by atoms with Crippen LogP contribution in [0.5, 0.6) is 0 Å². The molecule has 1 fully saturated rings. The van der Waals surface area contributed by atoms with Gasteiger partial charge < -0.3 is 0 Å². The summed E-state index contributed by atoms with van der Waals surface area (Å²) in [6, 6.07) is 5.58. The predicted molar refractivity (Wildman–Crippen MR) is 127 cm³/mol. The second-order valence-electron chi connectivity index (χ2n) is 8.28. The lowest BCUT2D eigenvalue weighted by Crippen LogP contribution is -2.26. The van der Waals surface area contributed by atoms with Gasteiger partial charge in [-0.15, -0.1) is 11.3 Å². The summed E-state index contributed by atoms with van der Waals surface area (Å²) in [5.41, 5.74) is 3.42. The monoisotopic (exact) mass is 452 g/mol. The van der Waals surface area contributed by atoms with Crippen LogP contribution in [0.2, 0.25) is 0 Å². The van der Waals surface area contributed by atoms with Crippen LogP contribution in [0.3, 0.4) is 0 Å². The largest absolute Gasteiger partial charge is 0.284 e. The van der Waals surface area contributed by atoms with E-state index in [1.165, 1.54) is 11.8 Å². The Kier molecular flexibility index (Phi) is 5.22. The molecule has 0 saturated heterocycles. The van der Waals surface area contributed by atoms with E-state index in [9.17, 15) is 9.59 Å². The number of fused-ring (bicyclic) bond motifs is 2. The topological polar surface area (TPSA) is 69.3 Å². The number of hydrogen-bond acceptors (Lipinski definition) is 6. The molecule has 0 unspecified atom stereocenters. The van der Waals surface area contributed by atoms with E-state index < -0.39 is 0 Å². The number of nitrogens with zero attached hydrogens (tertiary/aromatic N) is 4. The fraction of sp³-hybridized carbons (Fsp3) is 0.391. The lowest BCUT2D eigenvalue weighted by Gasteiger charge is -2.18. The molecule has 0 amide bonds. The van der Waals surface area contributed by atoms with E-state index >= 15 is 0 Å². The van der Waals surface area contributed by atoms with Crippen LogP contribution in [0.4, 0.5) is 0 Å². The minimum absolute atomic E-state index is 0.0726. The number of aromatic nitrogens is 4. The van der Waals surface area contributed by atoms with Crippen molar-refractivity contribution >= 4 is 39.0 Å². The molecule has 4 aromatic rings. The fourth-order valence-electron chi connectivity index (χ4n) is 4.34. The lowest BCUT2D eigenvalue weighted by molar-refractivity contribution is 0.458. The first-order valence-electron chi connectivity index (χ1n) is 10.6. The third-order valence-corrected chi connectivity index (χ3v) is 8.20. The summed E-state index contributed by atoms with van der Waals surface area (Å²) in [5, 5.41) is 1.49. The van der Waals surface area contributed by atoms with Gasteiger partial charge in [0.05, 0.1) is 11.1 Å². The molecule has 0 aromatic carbocycles. The van der Waals surface area contributed by atoms with Crippen molar-refractivity contribution in [2.24, 2.45) is 0 Å². The molecular formula is C23H24N4O2S2. The molecule has 5 rings (SSSR count). The number of thiophene rings is 1. The van der Waals surface area contributed by atoms with E-state index in [4.69, 9.17) is 4.98 Å². The van der Waals surface area contributed by atoms with E-state index in [-0.39, 0.29) is 17.2 Å². The molecule has 0 aliphatic heterocycles. The van der Waals surface area contributed by atoms with Crippen molar-refractivity contribution in [3.63, 3.8) is 0 Å². The molecule has 0 atom stereocenters. The summed E-state index contributed by atoms with van der Waals surface area (Å²) in [6.45, 7) is 6.04. The molecule has 160 valence electrons. The van der Waals surface area contributed by atoms with Crippen LogP contribution in [0.15, 0.2) is 39.1 Å². The molecule has 4 heterocycles. The van der Waals surface area contributed by atoms with E-state index in [1.807, 2.05) is 37.5 Å². The van der Waals surface area contributed by atoms with Gasteiger partial charge in [0.1, 0.15) is 10.5 Å². The molecular weight excluding hydrogens is 428 g/mol.